The third-order valence-electron chi connectivity index (χ3n) is 3.12. The van der Waals surface area contributed by atoms with Gasteiger partial charge in [0.2, 0.25) is 0 Å². The Labute approximate surface area is 125 Å². The van der Waals surface area contributed by atoms with Gasteiger partial charge >= 0.3 is 0 Å². The van der Waals surface area contributed by atoms with Gasteiger partial charge in [-0.05, 0) is 55.0 Å². The highest BCUT2D eigenvalue weighted by Crippen LogP contribution is 2.33. The molecule has 2 N–H and O–H groups in total. The molecule has 1 heterocycles. The highest BCUT2D eigenvalue weighted by Gasteiger charge is 2.07. The molecule has 0 fully saturated rings. The Balaban J connectivity index is 2.06. The Morgan fingerprint density at radius 1 is 1.15 bits per heavy atom. The number of hydrogen-bond acceptors (Lipinski definition) is 3. The minimum atomic E-state index is 0.653. The highest BCUT2D eigenvalue weighted by molar-refractivity contribution is 9.10. The molecular weight excluding hydrogens is 316 g/mol. The Hall–Kier alpha value is -2.07. The first-order chi connectivity index (χ1) is 9.65. The summed E-state index contributed by atoms with van der Waals surface area (Å²) in [4.78, 5) is 4.30. The summed E-state index contributed by atoms with van der Waals surface area (Å²) in [5.41, 5.74) is 8.48. The van der Waals surface area contributed by atoms with Crippen molar-refractivity contribution in [1.82, 2.24) is 4.98 Å². The van der Waals surface area contributed by atoms with E-state index in [1.54, 1.807) is 6.20 Å². The largest absolute Gasteiger partial charge is 0.457 e. The lowest BCUT2D eigenvalue weighted by Crippen LogP contribution is -1.92. The first-order valence-corrected chi connectivity index (χ1v) is 7.01. The predicted octanol–water partition coefficient (Wildman–Crippen LogP) is 4.68. The zero-order valence-electron chi connectivity index (χ0n) is 10.9. The average molecular weight is 329 g/mol. The minimum absolute atomic E-state index is 0.653. The van der Waals surface area contributed by atoms with Gasteiger partial charge in [-0.3, -0.25) is 4.98 Å². The number of pyridine rings is 1. The van der Waals surface area contributed by atoms with Gasteiger partial charge in [-0.15, -0.1) is 0 Å². The van der Waals surface area contributed by atoms with E-state index in [0.717, 1.165) is 32.4 Å². The number of rotatable bonds is 2. The highest BCUT2D eigenvalue weighted by atomic mass is 79.9. The third-order valence-corrected chi connectivity index (χ3v) is 4.01. The number of ether oxygens (including phenoxy) is 1. The minimum Gasteiger partial charge on any atom is -0.457 e. The molecule has 2 aromatic carbocycles. The van der Waals surface area contributed by atoms with E-state index in [2.05, 4.69) is 20.9 Å². The van der Waals surface area contributed by atoms with E-state index in [0.29, 0.717) is 5.69 Å². The maximum absolute atomic E-state index is 5.97. The number of halogens is 1. The Morgan fingerprint density at radius 3 is 2.80 bits per heavy atom. The smallest absolute Gasteiger partial charge is 0.136 e. The molecule has 0 aliphatic rings. The number of nitrogen functional groups attached to an aromatic ring is 1. The van der Waals surface area contributed by atoms with Crippen LogP contribution in [0.5, 0.6) is 11.5 Å². The number of aryl methyl sites for hydroxylation is 1. The normalized spacial score (nSPS) is 10.7. The summed E-state index contributed by atoms with van der Waals surface area (Å²) in [6.07, 6.45) is 1.73. The lowest BCUT2D eigenvalue weighted by molar-refractivity contribution is 0.488. The fraction of sp³-hybridized carbons (Fsp3) is 0.0625. The maximum Gasteiger partial charge on any atom is 0.136 e. The number of anilines is 1. The van der Waals surface area contributed by atoms with Crippen LogP contribution < -0.4 is 10.5 Å². The Morgan fingerprint density at radius 2 is 2.00 bits per heavy atom. The van der Waals surface area contributed by atoms with E-state index in [1.165, 1.54) is 0 Å². The fourth-order valence-corrected chi connectivity index (χ4v) is 2.31. The summed E-state index contributed by atoms with van der Waals surface area (Å²) in [6, 6.07) is 13.4. The number of nitrogens with zero attached hydrogens (tertiary/aromatic N) is 1. The van der Waals surface area contributed by atoms with Gasteiger partial charge in [0.25, 0.3) is 0 Å². The molecule has 20 heavy (non-hydrogen) atoms. The van der Waals surface area contributed by atoms with Crippen molar-refractivity contribution in [3.8, 4) is 11.5 Å². The van der Waals surface area contributed by atoms with Crippen LogP contribution in [-0.2, 0) is 0 Å². The Kier molecular flexibility index (Phi) is 3.32. The monoisotopic (exact) mass is 328 g/mol. The van der Waals surface area contributed by atoms with Gasteiger partial charge in [0, 0.05) is 16.1 Å². The van der Waals surface area contributed by atoms with Gasteiger partial charge in [-0.25, -0.2) is 0 Å². The molecule has 0 atom stereocenters. The van der Waals surface area contributed by atoms with Gasteiger partial charge in [-0.2, -0.15) is 0 Å². The van der Waals surface area contributed by atoms with Crippen LogP contribution in [0.4, 0.5) is 5.69 Å². The molecule has 0 bridgehead atoms. The molecule has 3 nitrogen and oxygen atoms in total. The molecule has 3 aromatic rings. The second kappa shape index (κ2) is 5.13. The van der Waals surface area contributed by atoms with E-state index in [-0.39, 0.29) is 0 Å². The molecule has 1 aromatic heterocycles. The van der Waals surface area contributed by atoms with Crippen molar-refractivity contribution < 1.29 is 4.74 Å². The van der Waals surface area contributed by atoms with Crippen molar-refractivity contribution >= 4 is 32.5 Å². The van der Waals surface area contributed by atoms with Crippen LogP contribution in [-0.4, -0.2) is 4.98 Å². The van der Waals surface area contributed by atoms with Crippen LogP contribution in [0.25, 0.3) is 10.9 Å². The molecule has 0 saturated heterocycles. The molecule has 0 aliphatic heterocycles. The summed E-state index contributed by atoms with van der Waals surface area (Å²) in [5.74, 6) is 1.55. The molecule has 0 saturated carbocycles. The molecule has 0 spiro atoms. The number of aromatic nitrogens is 1. The van der Waals surface area contributed by atoms with Crippen LogP contribution in [0.1, 0.15) is 5.56 Å². The van der Waals surface area contributed by atoms with Crippen molar-refractivity contribution in [2.24, 2.45) is 0 Å². The lowest BCUT2D eigenvalue weighted by atomic mass is 10.1. The fourth-order valence-electron chi connectivity index (χ4n) is 2.06. The van der Waals surface area contributed by atoms with Crippen molar-refractivity contribution in [2.75, 3.05) is 5.73 Å². The molecule has 100 valence electrons. The van der Waals surface area contributed by atoms with E-state index >= 15 is 0 Å². The molecule has 4 heteroatoms. The van der Waals surface area contributed by atoms with Crippen molar-refractivity contribution in [2.45, 2.75) is 6.92 Å². The zero-order chi connectivity index (χ0) is 14.1. The molecule has 3 rings (SSSR count). The summed E-state index contributed by atoms with van der Waals surface area (Å²) in [7, 11) is 0. The Bertz CT molecular complexity index is 787. The van der Waals surface area contributed by atoms with Gasteiger partial charge in [0.05, 0.1) is 11.2 Å². The number of hydrogen-bond donors (Lipinski definition) is 1. The molecule has 0 aliphatic carbocycles. The van der Waals surface area contributed by atoms with Crippen LogP contribution in [0.3, 0.4) is 0 Å². The second-order valence-corrected chi connectivity index (χ2v) is 5.42. The van der Waals surface area contributed by atoms with Gasteiger partial charge < -0.3 is 10.5 Å². The van der Waals surface area contributed by atoms with E-state index in [9.17, 15) is 0 Å². The molecule has 0 amide bonds. The van der Waals surface area contributed by atoms with Gasteiger partial charge in [-0.1, -0.05) is 15.9 Å². The molecular formula is C16H13BrN2O. The number of benzene rings is 2. The molecule has 0 unspecified atom stereocenters. The first-order valence-electron chi connectivity index (χ1n) is 6.22. The predicted molar refractivity (Wildman–Crippen MR) is 85.1 cm³/mol. The van der Waals surface area contributed by atoms with E-state index in [1.807, 2.05) is 49.4 Å². The molecule has 0 radical (unpaired) electrons. The topological polar surface area (TPSA) is 48.1 Å². The van der Waals surface area contributed by atoms with Crippen molar-refractivity contribution in [3.05, 3.63) is 58.7 Å². The zero-order valence-corrected chi connectivity index (χ0v) is 12.5. The van der Waals surface area contributed by atoms with Crippen LogP contribution in [0, 0.1) is 6.92 Å². The van der Waals surface area contributed by atoms with Crippen LogP contribution in [0.15, 0.2) is 53.1 Å². The number of fused-ring (bicyclic) bond motifs is 1. The lowest BCUT2D eigenvalue weighted by Gasteiger charge is -2.11. The summed E-state index contributed by atoms with van der Waals surface area (Å²) >= 11 is 3.48. The summed E-state index contributed by atoms with van der Waals surface area (Å²) in [6.45, 7) is 2.03. The van der Waals surface area contributed by atoms with Crippen molar-refractivity contribution in [1.29, 1.82) is 0 Å². The van der Waals surface area contributed by atoms with E-state index in [4.69, 9.17) is 10.5 Å². The SMILES string of the molecule is Cc1cc(Oc2ccc(N)c3ncccc23)ccc1Br. The van der Waals surface area contributed by atoms with Crippen LogP contribution in [0.2, 0.25) is 0 Å². The van der Waals surface area contributed by atoms with Gasteiger partial charge in [0.15, 0.2) is 0 Å². The van der Waals surface area contributed by atoms with E-state index < -0.39 is 0 Å². The average Bonchev–Trinajstić information content (AvgIpc) is 2.46. The van der Waals surface area contributed by atoms with Crippen LogP contribution >= 0.6 is 15.9 Å². The summed E-state index contributed by atoms with van der Waals surface area (Å²) < 4.78 is 7.03. The maximum atomic E-state index is 5.97. The van der Waals surface area contributed by atoms with Gasteiger partial charge in [0.1, 0.15) is 11.5 Å². The summed E-state index contributed by atoms with van der Waals surface area (Å²) in [5, 5.41) is 0.910. The first kappa shape index (κ1) is 12.9. The quantitative estimate of drug-likeness (QED) is 0.695. The third kappa shape index (κ3) is 2.34. The van der Waals surface area contributed by atoms with Crippen molar-refractivity contribution in [3.63, 3.8) is 0 Å². The standard InChI is InChI=1S/C16H13BrN2O/c1-10-9-11(4-5-13(10)17)20-15-7-6-14(18)16-12(15)3-2-8-19-16/h2-9H,18H2,1H3. The second-order valence-electron chi connectivity index (χ2n) is 4.57. The number of nitrogens with two attached hydrogens (primary N) is 1.